The van der Waals surface area contributed by atoms with Crippen LogP contribution in [-0.4, -0.2) is 11.5 Å². The second-order valence-corrected chi connectivity index (χ2v) is 3.41. The Hall–Kier alpha value is -0.890. The van der Waals surface area contributed by atoms with E-state index in [9.17, 15) is 0 Å². The Balaban J connectivity index is 2.53. The minimum atomic E-state index is 0.994. The van der Waals surface area contributed by atoms with Crippen LogP contribution in [0.5, 0.6) is 0 Å². The van der Waals surface area contributed by atoms with E-state index in [1.807, 2.05) is 0 Å². The number of nitrogens with one attached hydrogen (secondary N) is 1. The molecule has 2 rings (SSSR count). The summed E-state index contributed by atoms with van der Waals surface area (Å²) >= 11 is 0. The van der Waals surface area contributed by atoms with Crippen molar-refractivity contribution in [3.8, 4) is 0 Å². The standard InChI is InChI=1S/C10H14N2/c1-7-5-9-3-4-11-6-10(9)8(2)12-7/h5,11H,3-4,6H2,1-2H3. The van der Waals surface area contributed by atoms with E-state index < -0.39 is 0 Å². The van der Waals surface area contributed by atoms with Crippen LogP contribution in [0.4, 0.5) is 0 Å². The maximum absolute atomic E-state index is 4.45. The predicted octanol–water partition coefficient (Wildman–Crippen LogP) is 1.34. The fourth-order valence-electron chi connectivity index (χ4n) is 1.84. The van der Waals surface area contributed by atoms with E-state index >= 15 is 0 Å². The lowest BCUT2D eigenvalue weighted by molar-refractivity contribution is 0.635. The predicted molar refractivity (Wildman–Crippen MR) is 49.1 cm³/mol. The van der Waals surface area contributed by atoms with Crippen molar-refractivity contribution in [1.82, 2.24) is 10.3 Å². The molecular weight excluding hydrogens is 148 g/mol. The molecule has 0 saturated carbocycles. The highest BCUT2D eigenvalue weighted by molar-refractivity contribution is 5.33. The van der Waals surface area contributed by atoms with Crippen LogP contribution < -0.4 is 5.32 Å². The molecule has 1 aromatic heterocycles. The summed E-state index contributed by atoms with van der Waals surface area (Å²) in [5.41, 5.74) is 5.23. The van der Waals surface area contributed by atoms with Gasteiger partial charge in [0.25, 0.3) is 0 Å². The van der Waals surface area contributed by atoms with Crippen LogP contribution in [0.2, 0.25) is 0 Å². The number of aryl methyl sites for hydroxylation is 2. The topological polar surface area (TPSA) is 24.9 Å². The highest BCUT2D eigenvalue weighted by atomic mass is 14.9. The van der Waals surface area contributed by atoms with Crippen molar-refractivity contribution < 1.29 is 0 Å². The van der Waals surface area contributed by atoms with Crippen LogP contribution in [0.3, 0.4) is 0 Å². The number of hydrogen-bond donors (Lipinski definition) is 1. The van der Waals surface area contributed by atoms with Crippen LogP contribution in [-0.2, 0) is 13.0 Å². The molecule has 0 unspecified atom stereocenters. The summed E-state index contributed by atoms with van der Waals surface area (Å²) in [5.74, 6) is 0. The molecule has 1 aliphatic rings. The number of hydrogen-bond acceptors (Lipinski definition) is 2. The lowest BCUT2D eigenvalue weighted by Gasteiger charge is -2.18. The molecule has 0 radical (unpaired) electrons. The average molecular weight is 162 g/mol. The average Bonchev–Trinajstić information content (AvgIpc) is 2.04. The smallest absolute Gasteiger partial charge is 0.0423 e. The molecule has 2 heteroatoms. The molecule has 1 aromatic rings. The van der Waals surface area contributed by atoms with Crippen molar-refractivity contribution in [2.24, 2.45) is 0 Å². The Labute approximate surface area is 73.0 Å². The van der Waals surface area contributed by atoms with E-state index in [2.05, 4.69) is 30.2 Å². The van der Waals surface area contributed by atoms with Crippen molar-refractivity contribution in [3.63, 3.8) is 0 Å². The third kappa shape index (κ3) is 1.23. The van der Waals surface area contributed by atoms with Gasteiger partial charge in [0.05, 0.1) is 0 Å². The van der Waals surface area contributed by atoms with Gasteiger partial charge in [0, 0.05) is 17.9 Å². The van der Waals surface area contributed by atoms with Gasteiger partial charge in [-0.25, -0.2) is 0 Å². The molecule has 0 spiro atoms. The zero-order valence-electron chi connectivity index (χ0n) is 7.65. The molecule has 0 aromatic carbocycles. The highest BCUT2D eigenvalue weighted by Crippen LogP contribution is 2.17. The molecule has 0 aliphatic carbocycles. The van der Waals surface area contributed by atoms with E-state index in [4.69, 9.17) is 0 Å². The van der Waals surface area contributed by atoms with E-state index in [1.165, 1.54) is 16.8 Å². The summed E-state index contributed by atoms with van der Waals surface area (Å²) in [7, 11) is 0. The van der Waals surface area contributed by atoms with Gasteiger partial charge in [-0.05, 0) is 44.0 Å². The molecule has 0 bridgehead atoms. The lowest BCUT2D eigenvalue weighted by Crippen LogP contribution is -2.25. The molecule has 0 fully saturated rings. The first-order valence-electron chi connectivity index (χ1n) is 4.44. The van der Waals surface area contributed by atoms with Gasteiger partial charge in [-0.15, -0.1) is 0 Å². The van der Waals surface area contributed by atoms with E-state index in [0.717, 1.165) is 25.2 Å². The van der Waals surface area contributed by atoms with Gasteiger partial charge < -0.3 is 5.32 Å². The summed E-state index contributed by atoms with van der Waals surface area (Å²) in [4.78, 5) is 4.45. The van der Waals surface area contributed by atoms with E-state index in [1.54, 1.807) is 0 Å². The first kappa shape index (κ1) is 7.74. The fourth-order valence-corrected chi connectivity index (χ4v) is 1.84. The summed E-state index contributed by atoms with van der Waals surface area (Å²) in [6, 6.07) is 2.21. The Morgan fingerprint density at radius 2 is 2.25 bits per heavy atom. The minimum absolute atomic E-state index is 0.994. The lowest BCUT2D eigenvalue weighted by atomic mass is 10.00. The Morgan fingerprint density at radius 1 is 1.42 bits per heavy atom. The second-order valence-electron chi connectivity index (χ2n) is 3.41. The van der Waals surface area contributed by atoms with E-state index in [0.29, 0.717) is 0 Å². The molecule has 0 saturated heterocycles. The summed E-state index contributed by atoms with van der Waals surface area (Å²) in [6.07, 6.45) is 1.15. The largest absolute Gasteiger partial charge is 0.312 e. The van der Waals surface area contributed by atoms with Crippen LogP contribution >= 0.6 is 0 Å². The van der Waals surface area contributed by atoms with Crippen LogP contribution in [0.1, 0.15) is 22.5 Å². The molecule has 2 heterocycles. The third-order valence-corrected chi connectivity index (χ3v) is 2.42. The zero-order valence-corrected chi connectivity index (χ0v) is 7.65. The molecule has 1 N–H and O–H groups in total. The summed E-state index contributed by atoms with van der Waals surface area (Å²) < 4.78 is 0. The molecule has 12 heavy (non-hydrogen) atoms. The third-order valence-electron chi connectivity index (χ3n) is 2.42. The van der Waals surface area contributed by atoms with Crippen LogP contribution in [0.15, 0.2) is 6.07 Å². The normalized spacial score (nSPS) is 15.8. The molecule has 64 valence electrons. The maximum atomic E-state index is 4.45. The van der Waals surface area contributed by atoms with Crippen molar-refractivity contribution in [1.29, 1.82) is 0 Å². The number of nitrogens with zero attached hydrogens (tertiary/aromatic N) is 1. The second kappa shape index (κ2) is 2.87. The molecule has 1 aliphatic heterocycles. The quantitative estimate of drug-likeness (QED) is 0.622. The van der Waals surface area contributed by atoms with Crippen molar-refractivity contribution in [2.45, 2.75) is 26.8 Å². The monoisotopic (exact) mass is 162 g/mol. The molecular formula is C10H14N2. The first-order valence-corrected chi connectivity index (χ1v) is 4.44. The Bertz CT molecular complexity index is 305. The SMILES string of the molecule is Cc1cc2c(c(C)n1)CNCC2. The highest BCUT2D eigenvalue weighted by Gasteiger charge is 2.11. The first-order chi connectivity index (χ1) is 5.77. The van der Waals surface area contributed by atoms with E-state index in [-0.39, 0.29) is 0 Å². The number of fused-ring (bicyclic) bond motifs is 1. The van der Waals surface area contributed by atoms with Crippen LogP contribution in [0.25, 0.3) is 0 Å². The summed E-state index contributed by atoms with van der Waals surface area (Å²) in [6.45, 7) is 6.26. The van der Waals surface area contributed by atoms with Crippen molar-refractivity contribution >= 4 is 0 Å². The Kier molecular flexibility index (Phi) is 1.85. The van der Waals surface area contributed by atoms with Crippen molar-refractivity contribution in [2.75, 3.05) is 6.54 Å². The van der Waals surface area contributed by atoms with Gasteiger partial charge in [-0.1, -0.05) is 0 Å². The molecule has 0 atom stereocenters. The maximum Gasteiger partial charge on any atom is 0.0423 e. The zero-order chi connectivity index (χ0) is 8.55. The Morgan fingerprint density at radius 3 is 3.08 bits per heavy atom. The number of aromatic nitrogens is 1. The van der Waals surface area contributed by atoms with Crippen molar-refractivity contribution in [3.05, 3.63) is 28.6 Å². The minimum Gasteiger partial charge on any atom is -0.312 e. The van der Waals surface area contributed by atoms with Gasteiger partial charge in [-0.2, -0.15) is 0 Å². The molecule has 2 nitrogen and oxygen atoms in total. The van der Waals surface area contributed by atoms with Gasteiger partial charge in [0.1, 0.15) is 0 Å². The summed E-state index contributed by atoms with van der Waals surface area (Å²) in [5, 5.41) is 3.36. The van der Waals surface area contributed by atoms with Crippen LogP contribution in [0, 0.1) is 13.8 Å². The van der Waals surface area contributed by atoms with Gasteiger partial charge in [-0.3, -0.25) is 4.98 Å². The number of pyridine rings is 1. The van der Waals surface area contributed by atoms with Gasteiger partial charge >= 0.3 is 0 Å². The number of rotatable bonds is 0. The fraction of sp³-hybridized carbons (Fsp3) is 0.500. The van der Waals surface area contributed by atoms with Gasteiger partial charge in [0.15, 0.2) is 0 Å². The molecule has 0 amide bonds. The van der Waals surface area contributed by atoms with Gasteiger partial charge in [0.2, 0.25) is 0 Å².